The summed E-state index contributed by atoms with van der Waals surface area (Å²) in [7, 11) is 1.73. The van der Waals surface area contributed by atoms with Gasteiger partial charge < -0.3 is 15.3 Å². The third kappa shape index (κ3) is 5.90. The highest BCUT2D eigenvalue weighted by atomic mass is 16.3. The van der Waals surface area contributed by atoms with Crippen LogP contribution in [0.2, 0.25) is 0 Å². The molecule has 1 rings (SSSR count). The lowest BCUT2D eigenvalue weighted by atomic mass is 10.1. The number of aliphatic hydroxyl groups excluding tert-OH is 1. The first-order valence-electron chi connectivity index (χ1n) is 7.62. The fourth-order valence-corrected chi connectivity index (χ4v) is 2.52. The number of hydrogen-bond donors (Lipinski definition) is 2. The van der Waals surface area contributed by atoms with Crippen molar-refractivity contribution >= 4 is 11.8 Å². The Morgan fingerprint density at radius 3 is 2.45 bits per heavy atom. The summed E-state index contributed by atoms with van der Waals surface area (Å²) >= 11 is 0. The Morgan fingerprint density at radius 2 is 1.90 bits per heavy atom. The van der Waals surface area contributed by atoms with Gasteiger partial charge >= 0.3 is 0 Å². The second-order valence-electron chi connectivity index (χ2n) is 6.05. The maximum atomic E-state index is 12.0. The third-order valence-electron chi connectivity index (χ3n) is 3.90. The molecule has 0 aromatic rings. The Morgan fingerprint density at radius 1 is 1.30 bits per heavy atom. The molecule has 0 saturated heterocycles. The lowest BCUT2D eigenvalue weighted by molar-refractivity contribution is -0.131. The number of hydrogen-bond acceptors (Lipinski definition) is 3. The molecule has 0 bridgehead atoms. The minimum absolute atomic E-state index is 0.00451. The summed E-state index contributed by atoms with van der Waals surface area (Å²) in [6.45, 7) is 4.12. The Bertz CT molecular complexity index is 325. The van der Waals surface area contributed by atoms with E-state index in [0.717, 1.165) is 25.7 Å². The second-order valence-corrected chi connectivity index (χ2v) is 6.05. The van der Waals surface area contributed by atoms with Crippen LogP contribution in [0.25, 0.3) is 0 Å². The molecule has 1 aliphatic carbocycles. The summed E-state index contributed by atoms with van der Waals surface area (Å²) in [5.41, 5.74) is 0. The van der Waals surface area contributed by atoms with E-state index in [0.29, 0.717) is 19.4 Å². The van der Waals surface area contributed by atoms with Crippen molar-refractivity contribution in [1.29, 1.82) is 0 Å². The molecule has 116 valence electrons. The summed E-state index contributed by atoms with van der Waals surface area (Å²) in [4.78, 5) is 25.5. The van der Waals surface area contributed by atoms with Gasteiger partial charge in [0.15, 0.2) is 0 Å². The van der Waals surface area contributed by atoms with Gasteiger partial charge in [0.1, 0.15) is 0 Å². The summed E-state index contributed by atoms with van der Waals surface area (Å²) in [6.07, 6.45) is 4.70. The molecule has 0 aliphatic heterocycles. The Kier molecular flexibility index (Phi) is 6.99. The van der Waals surface area contributed by atoms with E-state index in [9.17, 15) is 14.7 Å². The smallest absolute Gasteiger partial charge is 0.224 e. The molecule has 2 atom stereocenters. The summed E-state index contributed by atoms with van der Waals surface area (Å²) < 4.78 is 0. The Balaban J connectivity index is 2.27. The normalized spacial score (nSPS) is 18.6. The van der Waals surface area contributed by atoms with Crippen molar-refractivity contribution in [3.05, 3.63) is 0 Å². The van der Waals surface area contributed by atoms with Crippen LogP contribution in [0.1, 0.15) is 52.4 Å². The predicted octanol–water partition coefficient (Wildman–Crippen LogP) is 1.30. The first-order chi connectivity index (χ1) is 9.40. The third-order valence-corrected chi connectivity index (χ3v) is 3.90. The molecule has 5 heteroatoms. The van der Waals surface area contributed by atoms with E-state index in [1.54, 1.807) is 18.9 Å². The van der Waals surface area contributed by atoms with Crippen LogP contribution in [0.5, 0.6) is 0 Å². The van der Waals surface area contributed by atoms with E-state index >= 15 is 0 Å². The quantitative estimate of drug-likeness (QED) is 0.740. The summed E-state index contributed by atoms with van der Waals surface area (Å²) in [5, 5.41) is 12.1. The van der Waals surface area contributed by atoms with E-state index in [1.807, 2.05) is 6.92 Å². The van der Waals surface area contributed by atoms with Gasteiger partial charge in [-0.2, -0.15) is 0 Å². The zero-order valence-electron chi connectivity index (χ0n) is 12.9. The average Bonchev–Trinajstić information content (AvgIpc) is 2.89. The van der Waals surface area contributed by atoms with Gasteiger partial charge in [-0.15, -0.1) is 0 Å². The molecule has 0 spiro atoms. The molecule has 0 radical (unpaired) electrons. The maximum absolute atomic E-state index is 12.0. The zero-order chi connectivity index (χ0) is 15.1. The van der Waals surface area contributed by atoms with Crippen LogP contribution in [0, 0.1) is 5.92 Å². The largest absolute Gasteiger partial charge is 0.393 e. The van der Waals surface area contributed by atoms with Crippen LogP contribution in [-0.2, 0) is 9.59 Å². The van der Waals surface area contributed by atoms with Crippen LogP contribution in [0.15, 0.2) is 0 Å². The van der Waals surface area contributed by atoms with Crippen molar-refractivity contribution in [2.45, 2.75) is 64.5 Å². The number of carbonyl (C=O) groups excluding carboxylic acids is 2. The lowest BCUT2D eigenvalue weighted by Crippen LogP contribution is -2.40. The molecular formula is C15H28N2O3. The molecule has 0 heterocycles. The number of nitrogens with zero attached hydrogens (tertiary/aromatic N) is 1. The molecule has 1 aliphatic rings. The minimum Gasteiger partial charge on any atom is -0.393 e. The first-order valence-corrected chi connectivity index (χ1v) is 7.62. The molecule has 20 heavy (non-hydrogen) atoms. The van der Waals surface area contributed by atoms with Crippen LogP contribution < -0.4 is 5.32 Å². The molecule has 5 nitrogen and oxygen atoms in total. The summed E-state index contributed by atoms with van der Waals surface area (Å²) in [6, 6.07) is -0.135. The van der Waals surface area contributed by atoms with Gasteiger partial charge in [-0.25, -0.2) is 0 Å². The van der Waals surface area contributed by atoms with Crippen molar-refractivity contribution < 1.29 is 14.7 Å². The molecule has 0 aromatic heterocycles. The monoisotopic (exact) mass is 284 g/mol. The zero-order valence-corrected chi connectivity index (χ0v) is 12.9. The van der Waals surface area contributed by atoms with E-state index < -0.39 is 6.10 Å². The highest BCUT2D eigenvalue weighted by Gasteiger charge is 2.24. The number of carbonyl (C=O) groups is 2. The molecule has 1 fully saturated rings. The van der Waals surface area contributed by atoms with Crippen LogP contribution >= 0.6 is 0 Å². The van der Waals surface area contributed by atoms with Gasteiger partial charge in [0.25, 0.3) is 0 Å². The van der Waals surface area contributed by atoms with Gasteiger partial charge in [0.2, 0.25) is 11.8 Å². The second kappa shape index (κ2) is 8.25. The molecule has 2 amide bonds. The number of rotatable bonds is 7. The topological polar surface area (TPSA) is 69.6 Å². The number of amides is 2. The molecular weight excluding hydrogens is 256 g/mol. The number of aliphatic hydroxyl groups is 1. The van der Waals surface area contributed by atoms with Gasteiger partial charge in [0.05, 0.1) is 6.10 Å². The van der Waals surface area contributed by atoms with E-state index in [-0.39, 0.29) is 23.8 Å². The maximum Gasteiger partial charge on any atom is 0.224 e. The fraction of sp³-hybridized carbons (Fsp3) is 0.867. The van der Waals surface area contributed by atoms with Gasteiger partial charge in [-0.3, -0.25) is 9.59 Å². The predicted molar refractivity (Wildman–Crippen MR) is 78.1 cm³/mol. The molecule has 2 unspecified atom stereocenters. The molecule has 1 saturated carbocycles. The van der Waals surface area contributed by atoms with Crippen LogP contribution in [0.3, 0.4) is 0 Å². The number of nitrogens with one attached hydrogen (secondary N) is 1. The van der Waals surface area contributed by atoms with Crippen molar-refractivity contribution in [3.63, 3.8) is 0 Å². The highest BCUT2D eigenvalue weighted by molar-refractivity contribution is 5.81. The van der Waals surface area contributed by atoms with Gasteiger partial charge in [0, 0.05) is 32.0 Å². The molecule has 0 aromatic carbocycles. The van der Waals surface area contributed by atoms with Crippen LogP contribution in [0.4, 0.5) is 0 Å². The lowest BCUT2D eigenvalue weighted by Gasteiger charge is -2.21. The van der Waals surface area contributed by atoms with Crippen molar-refractivity contribution in [1.82, 2.24) is 10.2 Å². The standard InChI is InChI=1S/C15H28N2O3/c1-11(16-15(20)13-6-4-5-7-13)10-14(19)17(3)9-8-12(2)18/h11-13,18H,4-10H2,1-3H3,(H,16,20). The van der Waals surface area contributed by atoms with E-state index in [4.69, 9.17) is 0 Å². The van der Waals surface area contributed by atoms with Gasteiger partial charge in [-0.1, -0.05) is 12.8 Å². The first kappa shape index (κ1) is 17.0. The van der Waals surface area contributed by atoms with Crippen molar-refractivity contribution in [2.24, 2.45) is 5.92 Å². The van der Waals surface area contributed by atoms with Crippen molar-refractivity contribution in [2.75, 3.05) is 13.6 Å². The minimum atomic E-state index is -0.398. The van der Waals surface area contributed by atoms with E-state index in [1.165, 1.54) is 0 Å². The van der Waals surface area contributed by atoms with E-state index in [2.05, 4.69) is 5.32 Å². The Labute approximate surface area is 121 Å². The van der Waals surface area contributed by atoms with Crippen molar-refractivity contribution in [3.8, 4) is 0 Å². The summed E-state index contributed by atoms with van der Waals surface area (Å²) in [5.74, 6) is 0.236. The molecule has 2 N–H and O–H groups in total. The Hall–Kier alpha value is -1.10. The fourth-order valence-electron chi connectivity index (χ4n) is 2.52. The SMILES string of the molecule is CC(O)CCN(C)C(=O)CC(C)NC(=O)C1CCCC1. The average molecular weight is 284 g/mol. The highest BCUT2D eigenvalue weighted by Crippen LogP contribution is 2.24. The van der Waals surface area contributed by atoms with Gasteiger partial charge in [-0.05, 0) is 33.1 Å². The van der Waals surface area contributed by atoms with Crippen LogP contribution in [-0.4, -0.2) is 47.6 Å².